The van der Waals surface area contributed by atoms with Crippen LogP contribution >= 0.6 is 0 Å². The fraction of sp³-hybridized carbons (Fsp3) is 0.812. The lowest BCUT2D eigenvalue weighted by molar-refractivity contribution is -0.312. The summed E-state index contributed by atoms with van der Waals surface area (Å²) >= 11 is 0. The minimum atomic E-state index is -1.59. The van der Waals surface area contributed by atoms with E-state index in [1.807, 2.05) is 6.07 Å². The second kappa shape index (κ2) is 9.18. The van der Waals surface area contributed by atoms with Crippen LogP contribution in [-0.4, -0.2) is 101 Å². The van der Waals surface area contributed by atoms with Crippen LogP contribution in [0.2, 0.25) is 0 Å². The molecule has 0 aromatic rings. The van der Waals surface area contributed by atoms with Crippen molar-refractivity contribution in [1.82, 2.24) is 0 Å². The predicted octanol–water partition coefficient (Wildman–Crippen LogP) is -2.58. The van der Waals surface area contributed by atoms with Crippen molar-refractivity contribution < 1.29 is 44.5 Å². The van der Waals surface area contributed by atoms with Crippen molar-refractivity contribution in [3.8, 4) is 6.07 Å². The zero-order chi connectivity index (χ0) is 19.4. The second-order valence-electron chi connectivity index (χ2n) is 6.25. The third kappa shape index (κ3) is 4.07. The number of aliphatic hydroxyl groups excluding tert-OH is 5. The molecular formula is C16H25NO9. The van der Waals surface area contributed by atoms with E-state index in [1.54, 1.807) is 0 Å². The van der Waals surface area contributed by atoms with E-state index >= 15 is 0 Å². The van der Waals surface area contributed by atoms with E-state index in [0.717, 1.165) is 6.08 Å². The SMILES string of the molecule is CO[C@H]1[C@@H](OC)CC(OC2OC(CO)C(O)C(O)C2O)/C(=C\C#N)[C@@H]1O. The Morgan fingerprint density at radius 2 is 1.85 bits per heavy atom. The number of aliphatic hydroxyl groups is 5. The molecule has 2 aliphatic rings. The van der Waals surface area contributed by atoms with Crippen LogP contribution in [0.15, 0.2) is 11.6 Å². The number of methoxy groups -OCH3 is 2. The van der Waals surface area contributed by atoms with Gasteiger partial charge in [0.15, 0.2) is 6.29 Å². The van der Waals surface area contributed by atoms with Gasteiger partial charge in [-0.3, -0.25) is 0 Å². The van der Waals surface area contributed by atoms with Gasteiger partial charge in [0.05, 0.1) is 24.9 Å². The van der Waals surface area contributed by atoms with Crippen molar-refractivity contribution in [1.29, 1.82) is 5.26 Å². The number of nitrogens with zero attached hydrogens (tertiary/aromatic N) is 1. The summed E-state index contributed by atoms with van der Waals surface area (Å²) < 4.78 is 21.6. The molecule has 0 amide bonds. The van der Waals surface area contributed by atoms with Gasteiger partial charge in [-0.2, -0.15) is 5.26 Å². The van der Waals surface area contributed by atoms with Gasteiger partial charge in [-0.05, 0) is 0 Å². The molecule has 10 nitrogen and oxygen atoms in total. The van der Waals surface area contributed by atoms with E-state index in [0.29, 0.717) is 0 Å². The van der Waals surface area contributed by atoms with Crippen LogP contribution in [0, 0.1) is 11.3 Å². The van der Waals surface area contributed by atoms with Crippen molar-refractivity contribution >= 4 is 0 Å². The fourth-order valence-electron chi connectivity index (χ4n) is 3.30. The van der Waals surface area contributed by atoms with E-state index < -0.39 is 61.7 Å². The number of ether oxygens (including phenoxy) is 4. The Morgan fingerprint density at radius 3 is 2.38 bits per heavy atom. The molecule has 148 valence electrons. The quantitative estimate of drug-likeness (QED) is 0.323. The Hall–Kier alpha value is -1.13. The minimum Gasteiger partial charge on any atom is -0.394 e. The Bertz CT molecular complexity index is 534. The minimum absolute atomic E-state index is 0.189. The molecule has 1 heterocycles. The first-order valence-electron chi connectivity index (χ1n) is 8.18. The van der Waals surface area contributed by atoms with Gasteiger partial charge in [0.2, 0.25) is 0 Å². The van der Waals surface area contributed by atoms with Crippen molar-refractivity contribution in [3.05, 3.63) is 11.6 Å². The number of allylic oxidation sites excluding steroid dienone is 1. The highest BCUT2D eigenvalue weighted by Crippen LogP contribution is 2.33. The molecule has 1 aliphatic heterocycles. The van der Waals surface area contributed by atoms with Crippen LogP contribution < -0.4 is 0 Å². The molecule has 0 aromatic heterocycles. The van der Waals surface area contributed by atoms with E-state index in [9.17, 15) is 25.5 Å². The largest absolute Gasteiger partial charge is 0.394 e. The summed E-state index contributed by atoms with van der Waals surface area (Å²) in [6, 6.07) is 1.83. The zero-order valence-electron chi connectivity index (χ0n) is 14.5. The van der Waals surface area contributed by atoms with Crippen LogP contribution in [0.5, 0.6) is 0 Å². The Kier molecular flexibility index (Phi) is 7.48. The average molecular weight is 375 g/mol. The van der Waals surface area contributed by atoms with Gasteiger partial charge < -0.3 is 44.5 Å². The highest BCUT2D eigenvalue weighted by molar-refractivity contribution is 5.26. The molecule has 2 rings (SSSR count). The maximum Gasteiger partial charge on any atom is 0.187 e. The summed E-state index contributed by atoms with van der Waals surface area (Å²) in [4.78, 5) is 0. The topological polar surface area (TPSA) is 162 Å². The van der Waals surface area contributed by atoms with E-state index in [2.05, 4.69) is 0 Å². The lowest BCUT2D eigenvalue weighted by Gasteiger charge is -2.44. The van der Waals surface area contributed by atoms with Crippen molar-refractivity contribution in [2.45, 2.75) is 61.5 Å². The average Bonchev–Trinajstić information content (AvgIpc) is 2.64. The highest BCUT2D eigenvalue weighted by Gasteiger charge is 2.48. The van der Waals surface area contributed by atoms with Gasteiger partial charge in [0, 0.05) is 32.3 Å². The molecule has 2 fully saturated rings. The van der Waals surface area contributed by atoms with Crippen LogP contribution in [-0.2, 0) is 18.9 Å². The lowest BCUT2D eigenvalue weighted by Crippen LogP contribution is -2.60. The molecule has 1 aliphatic carbocycles. The standard InChI is InChI=1S/C16H25NO9/c1-23-9-5-8(7(3-4-17)11(19)15(9)24-2)25-16-14(22)13(21)12(20)10(6-18)26-16/h3,8-16,18-22H,5-6H2,1-2H3/b7-3+/t8?,9-,10?,11-,12?,13?,14?,15-,16?/m0/s1. The first kappa shape index (κ1) is 21.2. The first-order chi connectivity index (χ1) is 12.4. The molecule has 1 saturated carbocycles. The van der Waals surface area contributed by atoms with Gasteiger partial charge in [0.1, 0.15) is 36.6 Å². The third-order valence-electron chi connectivity index (χ3n) is 4.79. The zero-order valence-corrected chi connectivity index (χ0v) is 14.5. The number of hydrogen-bond acceptors (Lipinski definition) is 10. The second-order valence-corrected chi connectivity index (χ2v) is 6.25. The van der Waals surface area contributed by atoms with E-state index in [1.165, 1.54) is 14.2 Å². The van der Waals surface area contributed by atoms with Crippen LogP contribution in [0.25, 0.3) is 0 Å². The smallest absolute Gasteiger partial charge is 0.187 e. The predicted molar refractivity (Wildman–Crippen MR) is 84.6 cm³/mol. The van der Waals surface area contributed by atoms with Crippen LogP contribution in [0.1, 0.15) is 6.42 Å². The molecule has 26 heavy (non-hydrogen) atoms. The van der Waals surface area contributed by atoms with Crippen molar-refractivity contribution in [2.75, 3.05) is 20.8 Å². The van der Waals surface area contributed by atoms with Crippen molar-refractivity contribution in [2.24, 2.45) is 0 Å². The van der Waals surface area contributed by atoms with Crippen LogP contribution in [0.3, 0.4) is 0 Å². The third-order valence-corrected chi connectivity index (χ3v) is 4.79. The molecule has 0 radical (unpaired) electrons. The van der Waals surface area contributed by atoms with Gasteiger partial charge in [-0.25, -0.2) is 0 Å². The fourth-order valence-corrected chi connectivity index (χ4v) is 3.30. The Balaban J connectivity index is 2.22. The normalized spacial score (nSPS) is 45.5. The number of rotatable bonds is 5. The summed E-state index contributed by atoms with van der Waals surface area (Å²) in [5.41, 5.74) is 0.213. The Labute approximate surface area is 150 Å². The highest BCUT2D eigenvalue weighted by atomic mass is 16.7. The summed E-state index contributed by atoms with van der Waals surface area (Å²) in [6.07, 6.45) is -9.22. The van der Waals surface area contributed by atoms with Gasteiger partial charge in [-0.15, -0.1) is 0 Å². The lowest BCUT2D eigenvalue weighted by atomic mass is 9.84. The summed E-state index contributed by atoms with van der Waals surface area (Å²) in [5.74, 6) is 0. The first-order valence-corrected chi connectivity index (χ1v) is 8.18. The maximum absolute atomic E-state index is 10.5. The molecule has 1 saturated heterocycles. The molecule has 0 spiro atoms. The Morgan fingerprint density at radius 1 is 1.15 bits per heavy atom. The molecule has 0 bridgehead atoms. The summed E-state index contributed by atoms with van der Waals surface area (Å²) in [5, 5.41) is 58.5. The van der Waals surface area contributed by atoms with Crippen LogP contribution in [0.4, 0.5) is 0 Å². The van der Waals surface area contributed by atoms with E-state index in [-0.39, 0.29) is 12.0 Å². The number of nitriles is 1. The maximum atomic E-state index is 10.5. The summed E-state index contributed by atoms with van der Waals surface area (Å²) in [7, 11) is 2.84. The van der Waals surface area contributed by atoms with Gasteiger partial charge in [0.25, 0.3) is 0 Å². The monoisotopic (exact) mass is 375 g/mol. The number of hydrogen-bond donors (Lipinski definition) is 5. The molecular weight excluding hydrogens is 350 g/mol. The molecule has 6 unspecified atom stereocenters. The van der Waals surface area contributed by atoms with Gasteiger partial charge in [-0.1, -0.05) is 0 Å². The molecule has 0 aromatic carbocycles. The molecule has 10 heteroatoms. The van der Waals surface area contributed by atoms with Crippen molar-refractivity contribution in [3.63, 3.8) is 0 Å². The van der Waals surface area contributed by atoms with Gasteiger partial charge >= 0.3 is 0 Å². The summed E-state index contributed by atoms with van der Waals surface area (Å²) in [6.45, 7) is -0.592. The molecule has 5 N–H and O–H groups in total. The molecule has 9 atom stereocenters. The van der Waals surface area contributed by atoms with E-state index in [4.69, 9.17) is 24.2 Å².